The Balaban J connectivity index is 1.54. The second-order valence-corrected chi connectivity index (χ2v) is 7.64. The van der Waals surface area contributed by atoms with Crippen molar-refractivity contribution in [2.45, 2.75) is 24.5 Å². The quantitative estimate of drug-likeness (QED) is 0.494. The molecule has 0 radical (unpaired) electrons. The van der Waals surface area contributed by atoms with E-state index in [1.54, 1.807) is 0 Å². The third kappa shape index (κ3) is 4.80. The summed E-state index contributed by atoms with van der Waals surface area (Å²) in [6.45, 7) is -0.520. The van der Waals surface area contributed by atoms with Crippen LogP contribution in [0.15, 0.2) is 70.4 Å². The number of esters is 1. The van der Waals surface area contributed by atoms with E-state index < -0.39 is 65.9 Å². The van der Waals surface area contributed by atoms with Crippen LogP contribution < -0.4 is 11.2 Å². The highest BCUT2D eigenvalue weighted by Crippen LogP contribution is 2.28. The predicted octanol–water partition coefficient (Wildman–Crippen LogP) is 0.453. The molecule has 0 bridgehead atoms. The van der Waals surface area contributed by atoms with Crippen LogP contribution in [0.2, 0.25) is 0 Å². The minimum absolute atomic E-state index is 0.0404. The van der Waals surface area contributed by atoms with E-state index in [9.17, 15) is 38.2 Å². The molecule has 2 N–H and O–H groups in total. The molecule has 4 atom stereocenters. The van der Waals surface area contributed by atoms with E-state index >= 15 is 0 Å². The van der Waals surface area contributed by atoms with Gasteiger partial charge < -0.3 is 19.7 Å². The fourth-order valence-corrected chi connectivity index (χ4v) is 3.52. The first-order valence-corrected chi connectivity index (χ1v) is 10.3. The largest absolute Gasteiger partial charge is 0.459 e. The lowest BCUT2D eigenvalue weighted by atomic mass is 10.1. The maximum Gasteiger partial charge on any atom is 0.340 e. The van der Waals surface area contributed by atoms with E-state index in [0.29, 0.717) is 0 Å². The Kier molecular flexibility index (Phi) is 6.69. The standard InChI is InChI=1S/C23H18F2N2O8/c24-14-5-1-12(2-6-14)20(31)27-17(28)9-10-26(23(27)33)21-19(30)18(29)16(35-21)11-34-22(32)13-3-7-15(25)8-4-13/h1-10,16,18-19,21,29-30H,11H2. The summed E-state index contributed by atoms with van der Waals surface area (Å²) in [6, 6.07) is 9.55. The van der Waals surface area contributed by atoms with Gasteiger partial charge >= 0.3 is 11.7 Å². The molecule has 0 aliphatic carbocycles. The number of benzene rings is 2. The van der Waals surface area contributed by atoms with Crippen molar-refractivity contribution in [3.63, 3.8) is 0 Å². The van der Waals surface area contributed by atoms with Gasteiger partial charge in [-0.15, -0.1) is 0 Å². The summed E-state index contributed by atoms with van der Waals surface area (Å²) in [5.74, 6) is -3.05. The van der Waals surface area contributed by atoms with Crippen molar-refractivity contribution in [3.8, 4) is 0 Å². The molecule has 1 aliphatic heterocycles. The lowest BCUT2D eigenvalue weighted by Crippen LogP contribution is -2.46. The van der Waals surface area contributed by atoms with Crippen molar-refractivity contribution in [2.24, 2.45) is 0 Å². The number of halogens is 2. The highest BCUT2D eigenvalue weighted by molar-refractivity contribution is 5.95. The zero-order chi connectivity index (χ0) is 25.3. The maximum absolute atomic E-state index is 13.2. The van der Waals surface area contributed by atoms with Crippen LogP contribution in [0, 0.1) is 11.6 Å². The molecular weight excluding hydrogens is 470 g/mol. The lowest BCUT2D eigenvalue weighted by Gasteiger charge is -2.18. The van der Waals surface area contributed by atoms with Crippen molar-refractivity contribution in [3.05, 3.63) is 104 Å². The lowest BCUT2D eigenvalue weighted by molar-refractivity contribution is -0.0602. The Morgan fingerprint density at radius 1 is 0.886 bits per heavy atom. The minimum Gasteiger partial charge on any atom is -0.459 e. The molecule has 35 heavy (non-hydrogen) atoms. The number of hydrogen-bond donors (Lipinski definition) is 2. The van der Waals surface area contributed by atoms with Gasteiger partial charge in [0.2, 0.25) is 0 Å². The molecule has 182 valence electrons. The minimum atomic E-state index is -1.69. The van der Waals surface area contributed by atoms with Crippen LogP contribution >= 0.6 is 0 Å². The maximum atomic E-state index is 13.2. The first-order valence-electron chi connectivity index (χ1n) is 10.3. The van der Waals surface area contributed by atoms with Gasteiger partial charge in [0.1, 0.15) is 36.6 Å². The van der Waals surface area contributed by atoms with E-state index in [4.69, 9.17) is 9.47 Å². The summed E-state index contributed by atoms with van der Waals surface area (Å²) in [7, 11) is 0. The molecule has 12 heteroatoms. The molecule has 2 aromatic carbocycles. The topological polar surface area (TPSA) is 137 Å². The van der Waals surface area contributed by atoms with Gasteiger partial charge in [-0.25, -0.2) is 18.4 Å². The van der Waals surface area contributed by atoms with E-state index in [1.165, 1.54) is 12.1 Å². The number of rotatable bonds is 5. The van der Waals surface area contributed by atoms with E-state index in [1.807, 2.05) is 0 Å². The summed E-state index contributed by atoms with van der Waals surface area (Å²) >= 11 is 0. The third-order valence-electron chi connectivity index (χ3n) is 5.37. The zero-order valence-corrected chi connectivity index (χ0v) is 17.8. The second kappa shape index (κ2) is 9.70. The Hall–Kier alpha value is -4.00. The fourth-order valence-electron chi connectivity index (χ4n) is 3.52. The molecule has 0 amide bonds. The summed E-state index contributed by atoms with van der Waals surface area (Å²) in [5, 5.41) is 20.8. The number of hydrogen-bond acceptors (Lipinski definition) is 8. The van der Waals surface area contributed by atoms with E-state index in [0.717, 1.165) is 53.2 Å². The van der Waals surface area contributed by atoms with Crippen LogP contribution in [0.25, 0.3) is 0 Å². The molecule has 0 saturated carbocycles. The third-order valence-corrected chi connectivity index (χ3v) is 5.37. The smallest absolute Gasteiger partial charge is 0.340 e. The molecule has 1 aliphatic rings. The van der Waals surface area contributed by atoms with Gasteiger partial charge in [0.25, 0.3) is 11.5 Å². The molecule has 3 aromatic rings. The van der Waals surface area contributed by atoms with Crippen LogP contribution in [-0.4, -0.2) is 56.1 Å². The van der Waals surface area contributed by atoms with Crippen molar-refractivity contribution in [1.29, 1.82) is 0 Å². The zero-order valence-electron chi connectivity index (χ0n) is 17.8. The average Bonchev–Trinajstić information content (AvgIpc) is 3.12. The van der Waals surface area contributed by atoms with Gasteiger partial charge in [0.15, 0.2) is 6.23 Å². The van der Waals surface area contributed by atoms with Crippen molar-refractivity contribution in [1.82, 2.24) is 9.13 Å². The molecule has 4 rings (SSSR count). The predicted molar refractivity (Wildman–Crippen MR) is 114 cm³/mol. The van der Waals surface area contributed by atoms with Crippen LogP contribution in [0.3, 0.4) is 0 Å². The number of aliphatic hydroxyl groups is 2. The van der Waals surface area contributed by atoms with Gasteiger partial charge in [0.05, 0.1) is 5.56 Å². The summed E-state index contributed by atoms with van der Waals surface area (Å²) in [6.07, 6.45) is -5.10. The van der Waals surface area contributed by atoms with Gasteiger partial charge in [-0.3, -0.25) is 14.2 Å². The van der Waals surface area contributed by atoms with Crippen LogP contribution in [-0.2, 0) is 9.47 Å². The van der Waals surface area contributed by atoms with Crippen molar-refractivity contribution < 1.29 is 38.1 Å². The number of carbonyl (C=O) groups is 2. The highest BCUT2D eigenvalue weighted by Gasteiger charge is 2.45. The molecule has 1 saturated heterocycles. The number of aliphatic hydroxyl groups excluding tert-OH is 2. The Labute approximate surface area is 195 Å². The number of ether oxygens (including phenoxy) is 2. The van der Waals surface area contributed by atoms with Gasteiger partial charge in [-0.2, -0.15) is 4.57 Å². The van der Waals surface area contributed by atoms with Gasteiger partial charge in [0, 0.05) is 17.8 Å². The van der Waals surface area contributed by atoms with Gasteiger partial charge in [-0.1, -0.05) is 0 Å². The Bertz CT molecular complexity index is 1370. The first-order chi connectivity index (χ1) is 16.7. The summed E-state index contributed by atoms with van der Waals surface area (Å²) in [5.41, 5.74) is -2.24. The normalized spacial score (nSPS) is 21.6. The molecule has 10 nitrogen and oxygen atoms in total. The Morgan fingerprint density at radius 2 is 1.46 bits per heavy atom. The fraction of sp³-hybridized carbons (Fsp3) is 0.217. The number of aromatic nitrogens is 2. The van der Waals surface area contributed by atoms with Crippen molar-refractivity contribution in [2.75, 3.05) is 6.61 Å². The van der Waals surface area contributed by atoms with E-state index in [-0.39, 0.29) is 15.7 Å². The molecule has 4 unspecified atom stereocenters. The average molecular weight is 488 g/mol. The molecule has 0 spiro atoms. The van der Waals surface area contributed by atoms with Crippen molar-refractivity contribution >= 4 is 11.9 Å². The van der Waals surface area contributed by atoms with Crippen LogP contribution in [0.4, 0.5) is 8.78 Å². The molecule has 1 fully saturated rings. The highest BCUT2D eigenvalue weighted by atomic mass is 19.1. The first kappa shape index (κ1) is 24.1. The SMILES string of the molecule is O=C(OCC1OC(n2ccc(=O)n(C(=O)c3ccc(F)cc3)c2=O)C(O)C1O)c1ccc(F)cc1. The summed E-state index contributed by atoms with van der Waals surface area (Å²) < 4.78 is 37.7. The number of nitrogens with zero attached hydrogens (tertiary/aromatic N) is 2. The van der Waals surface area contributed by atoms with Crippen LogP contribution in [0.5, 0.6) is 0 Å². The van der Waals surface area contributed by atoms with Crippen LogP contribution in [0.1, 0.15) is 26.9 Å². The molecular formula is C23H18F2N2O8. The molecule has 2 heterocycles. The Morgan fingerprint density at radius 3 is 2.06 bits per heavy atom. The van der Waals surface area contributed by atoms with Gasteiger partial charge in [-0.05, 0) is 48.5 Å². The van der Waals surface area contributed by atoms with E-state index in [2.05, 4.69) is 0 Å². The monoisotopic (exact) mass is 488 g/mol. The summed E-state index contributed by atoms with van der Waals surface area (Å²) in [4.78, 5) is 50.0. The number of carbonyl (C=O) groups excluding carboxylic acids is 2. The molecule has 1 aromatic heterocycles. The second-order valence-electron chi connectivity index (χ2n) is 7.64.